The van der Waals surface area contributed by atoms with E-state index < -0.39 is 0 Å². The molecule has 34 heavy (non-hydrogen) atoms. The van der Waals surface area contributed by atoms with Gasteiger partial charge in [0, 0.05) is 32.0 Å². The number of amides is 1. The molecule has 3 rings (SSSR count). The minimum Gasteiger partial charge on any atom is -0.492 e. The molecule has 0 aliphatic heterocycles. The fraction of sp³-hybridized carbons (Fsp3) is 0.517. The molecule has 1 atom stereocenters. The molecule has 1 unspecified atom stereocenters. The number of aryl methyl sites for hydroxylation is 1. The maximum Gasteiger partial charge on any atom is 0.219 e. The zero-order valence-corrected chi connectivity index (χ0v) is 21.2. The first kappa shape index (κ1) is 26.0. The highest BCUT2D eigenvalue weighted by atomic mass is 16.5. The number of likely N-dealkylation sites (N-methyl/N-ethyl adjacent to an activating group) is 1. The molecule has 1 N–H and O–H groups in total. The largest absolute Gasteiger partial charge is 0.492 e. The lowest BCUT2D eigenvalue weighted by Crippen LogP contribution is -2.36. The number of rotatable bonds is 11. The van der Waals surface area contributed by atoms with Crippen molar-refractivity contribution < 1.29 is 14.3 Å². The van der Waals surface area contributed by atoms with E-state index in [2.05, 4.69) is 48.5 Å². The van der Waals surface area contributed by atoms with E-state index in [-0.39, 0.29) is 11.8 Å². The van der Waals surface area contributed by atoms with Gasteiger partial charge in [-0.2, -0.15) is 0 Å². The van der Waals surface area contributed by atoms with Crippen LogP contribution < -0.4 is 10.1 Å². The number of carbonyl (C=O) groups excluding carboxylic acids is 2. The van der Waals surface area contributed by atoms with Crippen molar-refractivity contribution in [1.82, 2.24) is 10.2 Å². The van der Waals surface area contributed by atoms with Crippen LogP contribution in [-0.4, -0.2) is 50.4 Å². The number of hydrogen-bond donors (Lipinski definition) is 1. The lowest BCUT2D eigenvalue weighted by atomic mass is 9.84. The van der Waals surface area contributed by atoms with Crippen LogP contribution in [0.5, 0.6) is 5.75 Å². The van der Waals surface area contributed by atoms with E-state index in [1.807, 2.05) is 19.1 Å². The molecule has 5 nitrogen and oxygen atoms in total. The Bertz CT molecular complexity index is 1010. The van der Waals surface area contributed by atoms with E-state index in [0.29, 0.717) is 25.5 Å². The van der Waals surface area contributed by atoms with E-state index in [9.17, 15) is 9.59 Å². The number of fused-ring (bicyclic) bond motifs is 1. The van der Waals surface area contributed by atoms with Crippen LogP contribution in [0.2, 0.25) is 0 Å². The minimum absolute atomic E-state index is 0.0483. The molecule has 0 aromatic heterocycles. The second-order valence-electron chi connectivity index (χ2n) is 9.46. The summed E-state index contributed by atoms with van der Waals surface area (Å²) < 4.78 is 6.12. The van der Waals surface area contributed by atoms with Crippen LogP contribution in [0.15, 0.2) is 36.4 Å². The number of hydrogen-bond acceptors (Lipinski definition) is 4. The zero-order valence-electron chi connectivity index (χ0n) is 21.2. The van der Waals surface area contributed by atoms with Crippen LogP contribution in [-0.2, 0) is 9.59 Å². The molecule has 1 fully saturated rings. The first-order valence-electron chi connectivity index (χ1n) is 12.7. The molecule has 0 saturated heterocycles. The Morgan fingerprint density at radius 3 is 2.65 bits per heavy atom. The molecule has 1 amide bonds. The Morgan fingerprint density at radius 1 is 1.21 bits per heavy atom. The van der Waals surface area contributed by atoms with E-state index in [0.717, 1.165) is 46.1 Å². The van der Waals surface area contributed by atoms with Crippen molar-refractivity contribution in [1.29, 1.82) is 0 Å². The number of aldehydes is 1. The highest BCUT2D eigenvalue weighted by Crippen LogP contribution is 2.35. The van der Waals surface area contributed by atoms with E-state index >= 15 is 0 Å². The fourth-order valence-electron chi connectivity index (χ4n) is 5.15. The Morgan fingerprint density at radius 2 is 1.97 bits per heavy atom. The normalized spacial score (nSPS) is 16.0. The molecular weight excluding hydrogens is 424 g/mol. The van der Waals surface area contributed by atoms with Gasteiger partial charge in [-0.05, 0) is 79.8 Å². The van der Waals surface area contributed by atoms with Crippen molar-refractivity contribution >= 4 is 28.5 Å². The Hall–Kier alpha value is -2.66. The third-order valence-electron chi connectivity index (χ3n) is 7.24. The summed E-state index contributed by atoms with van der Waals surface area (Å²) in [6, 6.07) is 11.1. The quantitative estimate of drug-likeness (QED) is 0.444. The molecule has 2 aromatic carbocycles. The predicted molar refractivity (Wildman–Crippen MR) is 140 cm³/mol. The van der Waals surface area contributed by atoms with Crippen LogP contribution in [0.4, 0.5) is 0 Å². The molecule has 0 bridgehead atoms. The standard InChI is InChI=1S/C29H40N2O3/c1-5-26(23(20-32)13-16-28(33)30-3)29-21(2)11-12-22-19-25(14-15-27(22)29)34-18-17-31(4)24-9-7-6-8-10-24/h5,11-12,14-15,19-20,23-24H,6-10,13,16-18H2,1-4H3,(H,30,33)/b26-5-. The minimum atomic E-state index is -0.321. The average molecular weight is 465 g/mol. The molecule has 5 heteroatoms. The monoisotopic (exact) mass is 464 g/mol. The second kappa shape index (κ2) is 12.7. The van der Waals surface area contributed by atoms with Gasteiger partial charge in [-0.1, -0.05) is 43.5 Å². The number of nitrogens with one attached hydrogen (secondary N) is 1. The van der Waals surface area contributed by atoms with Gasteiger partial charge in [-0.15, -0.1) is 0 Å². The van der Waals surface area contributed by atoms with E-state index in [1.165, 1.54) is 32.1 Å². The lowest BCUT2D eigenvalue weighted by Gasteiger charge is -2.31. The molecular formula is C29H40N2O3. The van der Waals surface area contributed by atoms with Gasteiger partial charge in [0.1, 0.15) is 18.6 Å². The van der Waals surface area contributed by atoms with Gasteiger partial charge in [0.05, 0.1) is 0 Å². The summed E-state index contributed by atoms with van der Waals surface area (Å²) in [7, 11) is 3.83. The van der Waals surface area contributed by atoms with Crippen molar-refractivity contribution in [2.75, 3.05) is 27.2 Å². The summed E-state index contributed by atoms with van der Waals surface area (Å²) in [6.45, 7) is 5.63. The van der Waals surface area contributed by atoms with E-state index in [4.69, 9.17) is 4.74 Å². The van der Waals surface area contributed by atoms with Crippen LogP contribution >= 0.6 is 0 Å². The Labute approximate surface area is 204 Å². The highest BCUT2D eigenvalue weighted by molar-refractivity contribution is 5.98. The van der Waals surface area contributed by atoms with Gasteiger partial charge in [0.2, 0.25) is 5.91 Å². The fourth-order valence-corrected chi connectivity index (χ4v) is 5.15. The maximum atomic E-state index is 12.0. The summed E-state index contributed by atoms with van der Waals surface area (Å²) >= 11 is 0. The third kappa shape index (κ3) is 6.47. The average Bonchev–Trinajstić information content (AvgIpc) is 2.87. The number of ether oxygens (including phenoxy) is 1. The predicted octanol–water partition coefficient (Wildman–Crippen LogP) is 5.54. The summed E-state index contributed by atoms with van der Waals surface area (Å²) in [6.07, 6.45) is 10.5. The molecule has 0 spiro atoms. The highest BCUT2D eigenvalue weighted by Gasteiger charge is 2.20. The van der Waals surface area contributed by atoms with Gasteiger partial charge in [-0.25, -0.2) is 0 Å². The number of nitrogens with zero attached hydrogens (tertiary/aromatic N) is 1. The number of benzene rings is 2. The second-order valence-corrected chi connectivity index (χ2v) is 9.46. The van der Waals surface area contributed by atoms with Gasteiger partial charge < -0.3 is 19.7 Å². The molecule has 1 saturated carbocycles. The summed E-state index contributed by atoms with van der Waals surface area (Å²) in [5, 5.41) is 4.83. The van der Waals surface area contributed by atoms with Crippen molar-refractivity contribution in [2.45, 2.75) is 64.8 Å². The SMILES string of the molecule is C/C=C(\c1c(C)ccc2cc(OCCN(C)C3CCCCC3)ccc12)C(C=O)CCC(=O)NC. The van der Waals surface area contributed by atoms with Crippen LogP contribution in [0.25, 0.3) is 16.3 Å². The maximum absolute atomic E-state index is 12.0. The molecule has 1 aliphatic rings. The van der Waals surface area contributed by atoms with Crippen molar-refractivity contribution in [3.8, 4) is 5.75 Å². The zero-order chi connectivity index (χ0) is 24.5. The van der Waals surface area contributed by atoms with Crippen LogP contribution in [0, 0.1) is 12.8 Å². The van der Waals surface area contributed by atoms with Gasteiger partial charge in [0.25, 0.3) is 0 Å². The number of allylic oxidation sites excluding steroid dienone is 2. The molecule has 0 radical (unpaired) electrons. The molecule has 2 aromatic rings. The molecule has 0 heterocycles. The number of carbonyl (C=O) groups is 2. The third-order valence-corrected chi connectivity index (χ3v) is 7.24. The topological polar surface area (TPSA) is 58.6 Å². The van der Waals surface area contributed by atoms with Crippen molar-refractivity contribution in [2.24, 2.45) is 5.92 Å². The van der Waals surface area contributed by atoms with E-state index in [1.54, 1.807) is 7.05 Å². The lowest BCUT2D eigenvalue weighted by molar-refractivity contribution is -0.120. The van der Waals surface area contributed by atoms with Gasteiger partial charge >= 0.3 is 0 Å². The van der Waals surface area contributed by atoms with Crippen molar-refractivity contribution in [3.05, 3.63) is 47.5 Å². The first-order valence-corrected chi connectivity index (χ1v) is 12.7. The molecule has 184 valence electrons. The summed E-state index contributed by atoms with van der Waals surface area (Å²) in [5.41, 5.74) is 3.18. The first-order chi connectivity index (χ1) is 16.5. The van der Waals surface area contributed by atoms with Crippen LogP contribution in [0.1, 0.15) is 63.0 Å². The Kier molecular flexibility index (Phi) is 9.70. The smallest absolute Gasteiger partial charge is 0.219 e. The van der Waals surface area contributed by atoms with Crippen molar-refractivity contribution in [3.63, 3.8) is 0 Å². The summed E-state index contributed by atoms with van der Waals surface area (Å²) in [4.78, 5) is 26.2. The Balaban J connectivity index is 1.75. The van der Waals surface area contributed by atoms with Crippen LogP contribution in [0.3, 0.4) is 0 Å². The van der Waals surface area contributed by atoms with Gasteiger partial charge in [-0.3, -0.25) is 4.79 Å². The molecule has 1 aliphatic carbocycles. The van der Waals surface area contributed by atoms with Gasteiger partial charge in [0.15, 0.2) is 0 Å². The summed E-state index contributed by atoms with van der Waals surface area (Å²) in [5.74, 6) is 0.499.